The number of aromatic nitrogens is 2. The van der Waals surface area contributed by atoms with Gasteiger partial charge in [0.2, 0.25) is 0 Å². The van der Waals surface area contributed by atoms with Crippen LogP contribution in [0.25, 0.3) is 5.69 Å². The Morgan fingerprint density at radius 1 is 1.17 bits per heavy atom. The molecular weight excluding hydrogens is 384 g/mol. The standard InChI is InChI=1S/C22H25ClN6/c1-24-22(25-15-17-5-2-8-21(13-17)29-11-4-10-26-29)27-19-9-12-28(16-19)20-7-3-6-18(23)14-20/h2-8,10-11,13-14,19H,9,12,15-16H2,1H3,(H2,24,25,27). The van der Waals surface area contributed by atoms with E-state index in [4.69, 9.17) is 11.6 Å². The van der Waals surface area contributed by atoms with Crippen LogP contribution < -0.4 is 15.5 Å². The molecule has 2 N–H and O–H groups in total. The molecule has 0 radical (unpaired) electrons. The first-order valence-corrected chi connectivity index (χ1v) is 10.2. The highest BCUT2D eigenvalue weighted by Gasteiger charge is 2.23. The van der Waals surface area contributed by atoms with Gasteiger partial charge in [0.1, 0.15) is 0 Å². The van der Waals surface area contributed by atoms with Crippen molar-refractivity contribution in [3.63, 3.8) is 0 Å². The van der Waals surface area contributed by atoms with E-state index in [0.29, 0.717) is 12.6 Å². The number of hydrogen-bond acceptors (Lipinski definition) is 3. The van der Waals surface area contributed by atoms with E-state index in [0.717, 1.165) is 36.2 Å². The summed E-state index contributed by atoms with van der Waals surface area (Å²) in [5.41, 5.74) is 3.39. The maximum absolute atomic E-state index is 6.13. The maximum atomic E-state index is 6.13. The van der Waals surface area contributed by atoms with Gasteiger partial charge in [-0.25, -0.2) is 4.68 Å². The largest absolute Gasteiger partial charge is 0.369 e. The van der Waals surface area contributed by atoms with Crippen LogP contribution in [0.15, 0.2) is 72.0 Å². The van der Waals surface area contributed by atoms with Crippen molar-refractivity contribution in [1.29, 1.82) is 0 Å². The Kier molecular flexibility index (Phi) is 6.00. The van der Waals surface area contributed by atoms with E-state index in [9.17, 15) is 0 Å². The molecule has 150 valence electrons. The second kappa shape index (κ2) is 9.01. The van der Waals surface area contributed by atoms with Crippen LogP contribution in [0, 0.1) is 0 Å². The van der Waals surface area contributed by atoms with Crippen LogP contribution in [0.3, 0.4) is 0 Å². The van der Waals surface area contributed by atoms with Gasteiger partial charge in [0, 0.05) is 55.8 Å². The number of rotatable bonds is 5. The average Bonchev–Trinajstić information content (AvgIpc) is 3.44. The summed E-state index contributed by atoms with van der Waals surface area (Å²) in [7, 11) is 1.80. The highest BCUT2D eigenvalue weighted by Crippen LogP contribution is 2.23. The second-order valence-electron chi connectivity index (χ2n) is 7.10. The lowest BCUT2D eigenvalue weighted by molar-refractivity contribution is 0.648. The lowest BCUT2D eigenvalue weighted by atomic mass is 10.2. The highest BCUT2D eigenvalue weighted by molar-refractivity contribution is 6.30. The molecule has 1 aliphatic heterocycles. The average molecular weight is 409 g/mol. The van der Waals surface area contributed by atoms with Gasteiger partial charge in [-0.15, -0.1) is 0 Å². The Morgan fingerprint density at radius 3 is 2.83 bits per heavy atom. The molecule has 3 aromatic rings. The monoisotopic (exact) mass is 408 g/mol. The predicted molar refractivity (Wildman–Crippen MR) is 119 cm³/mol. The summed E-state index contributed by atoms with van der Waals surface area (Å²) in [5.74, 6) is 0.812. The van der Waals surface area contributed by atoms with Crippen LogP contribution in [-0.2, 0) is 6.54 Å². The number of nitrogens with one attached hydrogen (secondary N) is 2. The lowest BCUT2D eigenvalue weighted by Crippen LogP contribution is -2.44. The minimum atomic E-state index is 0.343. The summed E-state index contributed by atoms with van der Waals surface area (Å²) in [6, 6.07) is 18.6. The Balaban J connectivity index is 1.32. The number of halogens is 1. The van der Waals surface area contributed by atoms with Crippen LogP contribution in [0.4, 0.5) is 5.69 Å². The summed E-state index contributed by atoms with van der Waals surface area (Å²) in [6.07, 6.45) is 4.78. The van der Waals surface area contributed by atoms with Crippen molar-refractivity contribution in [1.82, 2.24) is 20.4 Å². The van der Waals surface area contributed by atoms with Crippen molar-refractivity contribution < 1.29 is 0 Å². The van der Waals surface area contributed by atoms with Gasteiger partial charge in [-0.3, -0.25) is 4.99 Å². The summed E-state index contributed by atoms with van der Waals surface area (Å²) in [4.78, 5) is 6.74. The number of anilines is 1. The maximum Gasteiger partial charge on any atom is 0.191 e. The Bertz CT molecular complexity index is 969. The first-order chi connectivity index (χ1) is 14.2. The third-order valence-corrected chi connectivity index (χ3v) is 5.30. The zero-order valence-corrected chi connectivity index (χ0v) is 17.2. The Hall–Kier alpha value is -2.99. The van der Waals surface area contributed by atoms with Crippen molar-refractivity contribution in [2.24, 2.45) is 4.99 Å². The van der Waals surface area contributed by atoms with Gasteiger partial charge < -0.3 is 15.5 Å². The normalized spacial score (nSPS) is 16.8. The molecule has 6 nitrogen and oxygen atoms in total. The van der Waals surface area contributed by atoms with Crippen molar-refractivity contribution in [3.8, 4) is 5.69 Å². The van der Waals surface area contributed by atoms with Crippen LogP contribution in [0.5, 0.6) is 0 Å². The van der Waals surface area contributed by atoms with Crippen LogP contribution in [0.2, 0.25) is 5.02 Å². The summed E-state index contributed by atoms with van der Waals surface area (Å²) in [5, 5.41) is 12.0. The van der Waals surface area contributed by atoms with Crippen molar-refractivity contribution in [2.75, 3.05) is 25.0 Å². The molecule has 2 aromatic carbocycles. The number of nitrogens with zero attached hydrogens (tertiary/aromatic N) is 4. The topological polar surface area (TPSA) is 57.5 Å². The molecule has 29 heavy (non-hydrogen) atoms. The highest BCUT2D eigenvalue weighted by atomic mass is 35.5. The SMILES string of the molecule is CN=C(NCc1cccc(-n2cccn2)c1)NC1CCN(c2cccc(Cl)c2)C1. The first-order valence-electron chi connectivity index (χ1n) is 9.78. The summed E-state index contributed by atoms with van der Waals surface area (Å²) < 4.78 is 1.86. The number of guanidine groups is 1. The fourth-order valence-corrected chi connectivity index (χ4v) is 3.77. The number of hydrogen-bond donors (Lipinski definition) is 2. The molecule has 0 aliphatic carbocycles. The summed E-state index contributed by atoms with van der Waals surface area (Å²) in [6.45, 7) is 2.62. The minimum Gasteiger partial charge on any atom is -0.369 e. The molecule has 4 rings (SSSR count). The van der Waals surface area contributed by atoms with E-state index in [2.05, 4.69) is 43.8 Å². The van der Waals surface area contributed by atoms with Gasteiger partial charge in [-0.1, -0.05) is 29.8 Å². The van der Waals surface area contributed by atoms with Gasteiger partial charge in [-0.05, 0) is 48.4 Å². The molecular formula is C22H25ClN6. The van der Waals surface area contributed by atoms with E-state index in [1.54, 1.807) is 13.2 Å². The molecule has 1 unspecified atom stereocenters. The number of benzene rings is 2. The van der Waals surface area contributed by atoms with Crippen LogP contribution in [0.1, 0.15) is 12.0 Å². The second-order valence-corrected chi connectivity index (χ2v) is 7.54. The van der Waals surface area contributed by atoms with Crippen LogP contribution >= 0.6 is 11.6 Å². The van der Waals surface area contributed by atoms with Crippen LogP contribution in [-0.4, -0.2) is 41.9 Å². The lowest BCUT2D eigenvalue weighted by Gasteiger charge is -2.20. The fourth-order valence-electron chi connectivity index (χ4n) is 3.59. The molecule has 0 amide bonds. The third-order valence-electron chi connectivity index (χ3n) is 5.07. The summed E-state index contributed by atoms with van der Waals surface area (Å²) >= 11 is 6.13. The molecule has 0 bridgehead atoms. The molecule has 0 saturated carbocycles. The fraction of sp³-hybridized carbons (Fsp3) is 0.273. The quantitative estimate of drug-likeness (QED) is 0.501. The minimum absolute atomic E-state index is 0.343. The van der Waals surface area contributed by atoms with Crippen molar-refractivity contribution in [2.45, 2.75) is 19.0 Å². The van der Waals surface area contributed by atoms with Gasteiger partial charge in [0.25, 0.3) is 0 Å². The van der Waals surface area contributed by atoms with Gasteiger partial charge >= 0.3 is 0 Å². The molecule has 0 spiro atoms. The third kappa shape index (κ3) is 4.90. The smallest absolute Gasteiger partial charge is 0.191 e. The molecule has 1 saturated heterocycles. The molecule has 1 atom stereocenters. The van der Waals surface area contributed by atoms with Gasteiger partial charge in [-0.2, -0.15) is 5.10 Å². The number of aliphatic imine (C=N–C) groups is 1. The molecule has 7 heteroatoms. The zero-order chi connectivity index (χ0) is 20.1. The van der Waals surface area contributed by atoms with Gasteiger partial charge in [0.15, 0.2) is 5.96 Å². The van der Waals surface area contributed by atoms with Crippen molar-refractivity contribution in [3.05, 3.63) is 77.6 Å². The van der Waals surface area contributed by atoms with E-state index >= 15 is 0 Å². The van der Waals surface area contributed by atoms with E-state index in [1.807, 2.05) is 47.3 Å². The molecule has 1 aromatic heterocycles. The Morgan fingerprint density at radius 2 is 2.03 bits per heavy atom. The molecule has 1 aliphatic rings. The van der Waals surface area contributed by atoms with E-state index in [1.165, 1.54) is 11.3 Å². The zero-order valence-electron chi connectivity index (χ0n) is 16.4. The van der Waals surface area contributed by atoms with Crippen molar-refractivity contribution >= 4 is 23.2 Å². The first kappa shape index (κ1) is 19.3. The van der Waals surface area contributed by atoms with E-state index in [-0.39, 0.29) is 0 Å². The Labute approximate surface area is 176 Å². The van der Waals surface area contributed by atoms with E-state index < -0.39 is 0 Å². The van der Waals surface area contributed by atoms with Gasteiger partial charge in [0.05, 0.1) is 5.69 Å². The predicted octanol–water partition coefficient (Wildman–Crippen LogP) is 3.47. The molecule has 1 fully saturated rings. The molecule has 2 heterocycles.